The van der Waals surface area contributed by atoms with Crippen molar-refractivity contribution >= 4 is 51.7 Å². The molecule has 0 unspecified atom stereocenters. The summed E-state index contributed by atoms with van der Waals surface area (Å²) in [5, 5.41) is 11.0. The summed E-state index contributed by atoms with van der Waals surface area (Å²) in [6.45, 7) is 3.45. The number of anilines is 1. The number of hydrogen-bond acceptors (Lipinski definition) is 6. The highest BCUT2D eigenvalue weighted by Gasteiger charge is 2.30. The summed E-state index contributed by atoms with van der Waals surface area (Å²) in [6.07, 6.45) is 1.64. The molecule has 0 amide bonds. The molecule has 1 aliphatic rings. The number of aromatic nitrogens is 4. The standard InChI is InChI=1S/C23H21Cl2N5O2/c1-2-32-22(31)14-6-5-11-29(13-14)23-26-19-12-15(24)9-10-17(19)21-28-27-20(30(21)23)16-7-3-4-8-18(16)25/h3-4,7-10,12,14H,2,5-6,11,13H2,1H3/t14-/m1/s1. The molecule has 0 N–H and O–H groups in total. The predicted molar refractivity (Wildman–Crippen MR) is 125 cm³/mol. The zero-order valence-electron chi connectivity index (χ0n) is 17.5. The number of hydrogen-bond donors (Lipinski definition) is 0. The highest BCUT2D eigenvalue weighted by molar-refractivity contribution is 6.33. The van der Waals surface area contributed by atoms with Gasteiger partial charge < -0.3 is 9.64 Å². The number of nitrogens with zero attached hydrogens (tertiary/aromatic N) is 5. The van der Waals surface area contributed by atoms with Crippen LogP contribution in [0.4, 0.5) is 5.95 Å². The van der Waals surface area contributed by atoms with Crippen molar-refractivity contribution in [3.05, 3.63) is 52.5 Å². The number of ether oxygens (including phenoxy) is 1. The second-order valence-electron chi connectivity index (χ2n) is 7.77. The number of halogens is 2. The van der Waals surface area contributed by atoms with Crippen LogP contribution in [0.25, 0.3) is 27.9 Å². The lowest BCUT2D eigenvalue weighted by Crippen LogP contribution is -2.40. The normalized spacial score (nSPS) is 16.6. The van der Waals surface area contributed by atoms with Gasteiger partial charge in [0.25, 0.3) is 0 Å². The number of fused-ring (bicyclic) bond motifs is 3. The molecule has 0 radical (unpaired) electrons. The highest BCUT2D eigenvalue weighted by atomic mass is 35.5. The Bertz CT molecular complexity index is 1320. The first-order valence-electron chi connectivity index (χ1n) is 10.6. The van der Waals surface area contributed by atoms with Crippen LogP contribution in [0.5, 0.6) is 0 Å². The van der Waals surface area contributed by atoms with Gasteiger partial charge in [0.15, 0.2) is 11.5 Å². The molecule has 32 heavy (non-hydrogen) atoms. The van der Waals surface area contributed by atoms with Gasteiger partial charge in [0.2, 0.25) is 5.95 Å². The molecule has 0 bridgehead atoms. The summed E-state index contributed by atoms with van der Waals surface area (Å²) in [5.74, 6) is 0.870. The van der Waals surface area contributed by atoms with E-state index in [1.165, 1.54) is 0 Å². The Balaban J connectivity index is 1.72. The molecule has 1 atom stereocenters. The summed E-state index contributed by atoms with van der Waals surface area (Å²) in [5.41, 5.74) is 2.14. The fourth-order valence-corrected chi connectivity index (χ4v) is 4.62. The first-order chi connectivity index (χ1) is 15.6. The number of rotatable bonds is 4. The van der Waals surface area contributed by atoms with Crippen LogP contribution in [-0.4, -0.2) is 45.2 Å². The number of piperidine rings is 1. The maximum atomic E-state index is 12.4. The minimum Gasteiger partial charge on any atom is -0.466 e. The van der Waals surface area contributed by atoms with Crippen LogP contribution in [0.3, 0.4) is 0 Å². The molecule has 1 saturated heterocycles. The third-order valence-electron chi connectivity index (χ3n) is 5.72. The first kappa shape index (κ1) is 21.0. The van der Waals surface area contributed by atoms with Crippen LogP contribution in [0.2, 0.25) is 10.0 Å². The quantitative estimate of drug-likeness (QED) is 0.390. The van der Waals surface area contributed by atoms with Gasteiger partial charge in [-0.25, -0.2) is 9.38 Å². The van der Waals surface area contributed by atoms with E-state index in [9.17, 15) is 4.79 Å². The molecule has 2 aromatic heterocycles. The van der Waals surface area contributed by atoms with Gasteiger partial charge in [-0.05, 0) is 50.1 Å². The smallest absolute Gasteiger partial charge is 0.310 e. The first-order valence-corrected chi connectivity index (χ1v) is 11.3. The van der Waals surface area contributed by atoms with E-state index in [1.54, 1.807) is 0 Å². The zero-order valence-corrected chi connectivity index (χ0v) is 19.0. The van der Waals surface area contributed by atoms with Gasteiger partial charge in [-0.2, -0.15) is 0 Å². The lowest BCUT2D eigenvalue weighted by molar-refractivity contribution is -0.148. The van der Waals surface area contributed by atoms with Crippen molar-refractivity contribution < 1.29 is 9.53 Å². The number of benzene rings is 2. The number of carbonyl (C=O) groups is 1. The summed E-state index contributed by atoms with van der Waals surface area (Å²) in [4.78, 5) is 19.5. The van der Waals surface area contributed by atoms with E-state index < -0.39 is 0 Å². The molecule has 1 fully saturated rings. The molecule has 4 aromatic rings. The van der Waals surface area contributed by atoms with Crippen LogP contribution in [0.1, 0.15) is 19.8 Å². The molecular formula is C23H21Cl2N5O2. The van der Waals surface area contributed by atoms with Gasteiger partial charge in [0.1, 0.15) is 0 Å². The molecule has 1 aliphatic heterocycles. The van der Waals surface area contributed by atoms with Crippen molar-refractivity contribution in [3.8, 4) is 11.4 Å². The van der Waals surface area contributed by atoms with Gasteiger partial charge >= 0.3 is 5.97 Å². The topological polar surface area (TPSA) is 72.6 Å². The van der Waals surface area contributed by atoms with E-state index in [2.05, 4.69) is 15.1 Å². The molecule has 7 nitrogen and oxygen atoms in total. The average molecular weight is 470 g/mol. The lowest BCUT2D eigenvalue weighted by Gasteiger charge is -2.32. The minimum atomic E-state index is -0.212. The number of carbonyl (C=O) groups excluding carboxylic acids is 1. The Kier molecular flexibility index (Phi) is 5.61. The van der Waals surface area contributed by atoms with Crippen LogP contribution < -0.4 is 4.90 Å². The lowest BCUT2D eigenvalue weighted by atomic mass is 9.98. The van der Waals surface area contributed by atoms with Crippen LogP contribution in [0.15, 0.2) is 42.5 Å². The minimum absolute atomic E-state index is 0.174. The molecule has 164 valence electrons. The molecule has 0 aliphatic carbocycles. The molecule has 9 heteroatoms. The van der Waals surface area contributed by atoms with Gasteiger partial charge in [0.05, 0.1) is 23.1 Å². The van der Waals surface area contributed by atoms with E-state index in [0.717, 1.165) is 35.9 Å². The average Bonchev–Trinajstić information content (AvgIpc) is 3.24. The van der Waals surface area contributed by atoms with Crippen LogP contribution in [-0.2, 0) is 9.53 Å². The maximum Gasteiger partial charge on any atom is 0.310 e. The van der Waals surface area contributed by atoms with Crippen molar-refractivity contribution in [2.45, 2.75) is 19.8 Å². The second kappa shape index (κ2) is 8.56. The van der Waals surface area contributed by atoms with E-state index in [-0.39, 0.29) is 11.9 Å². The third kappa shape index (κ3) is 3.65. The molecular weight excluding hydrogens is 449 g/mol. The predicted octanol–water partition coefficient (Wildman–Crippen LogP) is 5.03. The van der Waals surface area contributed by atoms with Crippen LogP contribution in [0, 0.1) is 5.92 Å². The molecule has 0 spiro atoms. The Labute approximate surface area is 194 Å². The fourth-order valence-electron chi connectivity index (χ4n) is 4.23. The second-order valence-corrected chi connectivity index (χ2v) is 8.62. The molecule has 0 saturated carbocycles. The largest absolute Gasteiger partial charge is 0.466 e. The van der Waals surface area contributed by atoms with Gasteiger partial charge in [-0.3, -0.25) is 4.79 Å². The Hall–Kier alpha value is -2.90. The van der Waals surface area contributed by atoms with Crippen LogP contribution >= 0.6 is 23.2 Å². The zero-order chi connectivity index (χ0) is 22.2. The summed E-state index contributed by atoms with van der Waals surface area (Å²) >= 11 is 12.8. The Morgan fingerprint density at radius 3 is 2.84 bits per heavy atom. The molecule has 2 aromatic carbocycles. The molecule has 3 heterocycles. The summed E-state index contributed by atoms with van der Waals surface area (Å²) in [7, 11) is 0. The van der Waals surface area contributed by atoms with E-state index in [4.69, 9.17) is 32.9 Å². The fraction of sp³-hybridized carbons (Fsp3) is 0.304. The van der Waals surface area contributed by atoms with E-state index in [1.807, 2.05) is 53.8 Å². The highest BCUT2D eigenvalue weighted by Crippen LogP contribution is 2.33. The molecule has 5 rings (SSSR count). The van der Waals surface area contributed by atoms with E-state index in [0.29, 0.717) is 40.6 Å². The van der Waals surface area contributed by atoms with Crippen molar-refractivity contribution in [3.63, 3.8) is 0 Å². The SMILES string of the molecule is CCOC(=O)[C@@H]1CCCN(c2nc3cc(Cl)ccc3c3nnc(-c4ccccc4Cl)n23)C1. The van der Waals surface area contributed by atoms with Gasteiger partial charge in [0, 0.05) is 29.1 Å². The van der Waals surface area contributed by atoms with E-state index >= 15 is 0 Å². The van der Waals surface area contributed by atoms with Gasteiger partial charge in [-0.15, -0.1) is 10.2 Å². The van der Waals surface area contributed by atoms with Gasteiger partial charge in [-0.1, -0.05) is 35.3 Å². The summed E-state index contributed by atoms with van der Waals surface area (Å²) < 4.78 is 7.20. The maximum absolute atomic E-state index is 12.4. The van der Waals surface area contributed by atoms with Crippen molar-refractivity contribution in [1.29, 1.82) is 0 Å². The van der Waals surface area contributed by atoms with Crippen molar-refractivity contribution in [1.82, 2.24) is 19.6 Å². The Morgan fingerprint density at radius 2 is 2.03 bits per heavy atom. The Morgan fingerprint density at radius 1 is 1.19 bits per heavy atom. The number of esters is 1. The third-order valence-corrected chi connectivity index (χ3v) is 6.29. The monoisotopic (exact) mass is 469 g/mol. The van der Waals surface area contributed by atoms with Crippen molar-refractivity contribution in [2.75, 3.05) is 24.6 Å². The summed E-state index contributed by atoms with van der Waals surface area (Å²) in [6, 6.07) is 13.0. The van der Waals surface area contributed by atoms with Crippen molar-refractivity contribution in [2.24, 2.45) is 5.92 Å².